The third-order valence-electron chi connectivity index (χ3n) is 5.16. The Morgan fingerprint density at radius 2 is 1.94 bits per heavy atom. The summed E-state index contributed by atoms with van der Waals surface area (Å²) in [5.74, 6) is 1.06. The first-order valence-electron chi connectivity index (χ1n) is 10.2. The van der Waals surface area contributed by atoms with Crippen LogP contribution in [0.4, 0.5) is 5.69 Å². The highest BCUT2D eigenvalue weighted by Gasteiger charge is 2.21. The van der Waals surface area contributed by atoms with Gasteiger partial charge in [-0.25, -0.2) is 4.98 Å². The van der Waals surface area contributed by atoms with Crippen LogP contribution >= 0.6 is 11.3 Å². The van der Waals surface area contributed by atoms with E-state index in [-0.39, 0.29) is 18.0 Å². The predicted molar refractivity (Wildman–Crippen MR) is 127 cm³/mol. The van der Waals surface area contributed by atoms with Gasteiger partial charge in [-0.1, -0.05) is 5.16 Å². The Morgan fingerprint density at radius 1 is 1.18 bits per heavy atom. The van der Waals surface area contributed by atoms with Crippen LogP contribution in [0, 0.1) is 6.92 Å². The molecule has 0 radical (unpaired) electrons. The second-order valence-electron chi connectivity index (χ2n) is 7.35. The Labute approximate surface area is 196 Å². The molecule has 5 aromatic rings. The number of anilines is 1. The number of rotatable bonds is 6. The topological polar surface area (TPSA) is 125 Å². The van der Waals surface area contributed by atoms with Crippen molar-refractivity contribution in [3.63, 3.8) is 0 Å². The molecule has 0 bridgehead atoms. The summed E-state index contributed by atoms with van der Waals surface area (Å²) in [6.45, 7) is 1.63. The molecule has 1 aromatic carbocycles. The van der Waals surface area contributed by atoms with Crippen LogP contribution in [0.2, 0.25) is 0 Å². The number of hydrogen-bond acceptors (Lipinski definition) is 9. The van der Waals surface area contributed by atoms with Gasteiger partial charge in [-0.05, 0) is 48.9 Å². The molecule has 170 valence electrons. The second-order valence-corrected chi connectivity index (χ2v) is 8.35. The van der Waals surface area contributed by atoms with Gasteiger partial charge in [0.05, 0.1) is 23.7 Å². The van der Waals surface area contributed by atoms with E-state index in [4.69, 9.17) is 9.26 Å². The number of nitrogens with zero attached hydrogens (tertiary/aromatic N) is 5. The summed E-state index contributed by atoms with van der Waals surface area (Å²) in [6, 6.07) is 10.5. The van der Waals surface area contributed by atoms with E-state index in [0.717, 1.165) is 5.56 Å². The zero-order valence-corrected chi connectivity index (χ0v) is 19.0. The Balaban J connectivity index is 1.41. The molecule has 1 amide bonds. The molecule has 5 rings (SSSR count). The lowest BCUT2D eigenvalue weighted by Crippen LogP contribution is -2.27. The Kier molecular flexibility index (Phi) is 5.60. The number of carbonyl (C=O) groups excluding carboxylic acids is 1. The van der Waals surface area contributed by atoms with Gasteiger partial charge >= 0.3 is 0 Å². The van der Waals surface area contributed by atoms with Crippen LogP contribution in [-0.4, -0.2) is 37.7 Å². The highest BCUT2D eigenvalue weighted by atomic mass is 32.1. The summed E-state index contributed by atoms with van der Waals surface area (Å²) in [5, 5.41) is 7.22. The average Bonchev–Trinajstić information content (AvgIpc) is 3.47. The monoisotopic (exact) mass is 474 g/mol. The van der Waals surface area contributed by atoms with Crippen molar-refractivity contribution in [2.45, 2.75) is 13.5 Å². The summed E-state index contributed by atoms with van der Waals surface area (Å²) in [4.78, 5) is 39.7. The molecule has 10 nitrogen and oxygen atoms in total. The molecule has 4 aromatic heterocycles. The summed E-state index contributed by atoms with van der Waals surface area (Å²) in [6.07, 6.45) is 4.66. The Hall–Kier alpha value is -4.38. The number of fused-ring (bicyclic) bond motifs is 1. The van der Waals surface area contributed by atoms with Crippen molar-refractivity contribution in [2.24, 2.45) is 0 Å². The minimum absolute atomic E-state index is 0.175. The normalized spacial score (nSPS) is 11.0. The van der Waals surface area contributed by atoms with Crippen molar-refractivity contribution in [1.29, 1.82) is 0 Å². The van der Waals surface area contributed by atoms with Crippen LogP contribution in [0.15, 0.2) is 64.4 Å². The first kappa shape index (κ1) is 21.5. The van der Waals surface area contributed by atoms with E-state index in [9.17, 15) is 9.59 Å². The molecular formula is C23H18N6O4S. The van der Waals surface area contributed by atoms with Crippen molar-refractivity contribution in [2.75, 3.05) is 12.4 Å². The van der Waals surface area contributed by atoms with Crippen LogP contribution in [0.1, 0.15) is 5.56 Å². The molecule has 0 spiro atoms. The fourth-order valence-corrected chi connectivity index (χ4v) is 4.50. The van der Waals surface area contributed by atoms with E-state index in [1.807, 2.05) is 0 Å². The number of hydrogen-bond donors (Lipinski definition) is 1. The largest absolute Gasteiger partial charge is 0.497 e. The number of carbonyl (C=O) groups is 1. The molecule has 0 unspecified atom stereocenters. The van der Waals surface area contributed by atoms with Crippen molar-refractivity contribution < 1.29 is 14.1 Å². The van der Waals surface area contributed by atoms with Gasteiger partial charge in [0.15, 0.2) is 0 Å². The first-order valence-corrected chi connectivity index (χ1v) is 11.0. The highest BCUT2D eigenvalue weighted by Crippen LogP contribution is 2.35. The third-order valence-corrected chi connectivity index (χ3v) is 6.35. The van der Waals surface area contributed by atoms with Gasteiger partial charge in [-0.15, -0.1) is 11.3 Å². The van der Waals surface area contributed by atoms with Gasteiger partial charge in [-0.2, -0.15) is 4.98 Å². The molecular weight excluding hydrogens is 456 g/mol. The van der Waals surface area contributed by atoms with Crippen molar-refractivity contribution in [3.05, 3.63) is 71.0 Å². The molecule has 0 aliphatic carbocycles. The Morgan fingerprint density at radius 3 is 2.68 bits per heavy atom. The molecule has 0 atom stereocenters. The smallest absolute Gasteiger partial charge is 0.268 e. The number of benzene rings is 1. The highest BCUT2D eigenvalue weighted by molar-refractivity contribution is 7.22. The predicted octanol–water partition coefficient (Wildman–Crippen LogP) is 3.53. The molecule has 4 heterocycles. The van der Waals surface area contributed by atoms with Crippen LogP contribution in [-0.2, 0) is 11.3 Å². The number of methoxy groups -OCH3 is 1. The number of nitrogens with one attached hydrogen (secondary N) is 1. The van der Waals surface area contributed by atoms with Crippen LogP contribution in [0.5, 0.6) is 5.75 Å². The standard InChI is InChI=1S/C23H18N6O4S/c1-13-18-22(34-19(13)21-27-20(28-33-21)14-7-9-24-10-8-14)25-12-29(23(18)31)11-17(30)26-15-3-5-16(32-2)6-4-15/h3-10,12H,11H2,1-2H3,(H,26,30). The number of aryl methyl sites for hydroxylation is 1. The zero-order chi connectivity index (χ0) is 23.7. The summed E-state index contributed by atoms with van der Waals surface area (Å²) < 4.78 is 11.8. The van der Waals surface area contributed by atoms with Gasteiger partial charge in [0, 0.05) is 23.6 Å². The fraction of sp³-hybridized carbons (Fsp3) is 0.130. The maximum Gasteiger partial charge on any atom is 0.268 e. The number of thiophene rings is 1. The van der Waals surface area contributed by atoms with Gasteiger partial charge in [0.2, 0.25) is 11.7 Å². The number of pyridine rings is 1. The summed E-state index contributed by atoms with van der Waals surface area (Å²) in [7, 11) is 1.57. The number of aromatic nitrogens is 5. The molecule has 11 heteroatoms. The SMILES string of the molecule is COc1ccc(NC(=O)Cn2cnc3sc(-c4nc(-c5ccncc5)no4)c(C)c3c2=O)cc1. The van der Waals surface area contributed by atoms with Gasteiger partial charge in [-0.3, -0.25) is 19.1 Å². The second kappa shape index (κ2) is 8.87. The molecule has 0 aliphatic rings. The summed E-state index contributed by atoms with van der Waals surface area (Å²) >= 11 is 1.29. The molecule has 0 saturated carbocycles. The fourth-order valence-electron chi connectivity index (χ4n) is 3.44. The zero-order valence-electron chi connectivity index (χ0n) is 18.2. The molecule has 0 fully saturated rings. The molecule has 1 N–H and O–H groups in total. The van der Waals surface area contributed by atoms with Crippen molar-refractivity contribution in [3.8, 4) is 27.9 Å². The van der Waals surface area contributed by atoms with Crippen LogP contribution < -0.4 is 15.6 Å². The van der Waals surface area contributed by atoms with E-state index < -0.39 is 0 Å². The lowest BCUT2D eigenvalue weighted by Gasteiger charge is -2.08. The maximum atomic E-state index is 13.2. The summed E-state index contributed by atoms with van der Waals surface area (Å²) in [5.41, 5.74) is 1.73. The van der Waals surface area contributed by atoms with E-state index >= 15 is 0 Å². The molecule has 0 aliphatic heterocycles. The van der Waals surface area contributed by atoms with Crippen molar-refractivity contribution >= 4 is 33.1 Å². The van der Waals surface area contributed by atoms with Gasteiger partial charge in [0.1, 0.15) is 17.1 Å². The number of ether oxygens (including phenoxy) is 1. The lowest BCUT2D eigenvalue weighted by molar-refractivity contribution is -0.116. The quantitative estimate of drug-likeness (QED) is 0.396. The van der Waals surface area contributed by atoms with Gasteiger partial charge in [0.25, 0.3) is 11.4 Å². The molecule has 0 saturated heterocycles. The Bertz CT molecular complexity index is 1540. The maximum absolute atomic E-state index is 13.2. The average molecular weight is 475 g/mol. The van der Waals surface area contributed by atoms with E-state index in [0.29, 0.717) is 43.8 Å². The van der Waals surface area contributed by atoms with E-state index in [1.165, 1.54) is 22.2 Å². The van der Waals surface area contributed by atoms with E-state index in [2.05, 4.69) is 25.4 Å². The lowest BCUT2D eigenvalue weighted by atomic mass is 10.2. The third kappa shape index (κ3) is 4.04. The minimum atomic E-state index is -0.347. The van der Waals surface area contributed by atoms with E-state index in [1.54, 1.807) is 62.8 Å². The first-order chi connectivity index (χ1) is 16.5. The number of amides is 1. The van der Waals surface area contributed by atoms with Crippen LogP contribution in [0.25, 0.3) is 32.4 Å². The minimum Gasteiger partial charge on any atom is -0.497 e. The molecule has 34 heavy (non-hydrogen) atoms. The van der Waals surface area contributed by atoms with Gasteiger partial charge < -0.3 is 14.6 Å². The van der Waals surface area contributed by atoms with Crippen LogP contribution in [0.3, 0.4) is 0 Å². The van der Waals surface area contributed by atoms with Crippen molar-refractivity contribution in [1.82, 2.24) is 24.7 Å².